The highest BCUT2D eigenvalue weighted by molar-refractivity contribution is 7.80. The van der Waals surface area contributed by atoms with Crippen LogP contribution in [0.2, 0.25) is 0 Å². The topological polar surface area (TPSA) is 38.8 Å². The molecule has 1 amide bonds. The molecule has 0 aromatic heterocycles. The third-order valence-electron chi connectivity index (χ3n) is 5.36. The van der Waals surface area contributed by atoms with Crippen molar-refractivity contribution in [1.82, 2.24) is 14.7 Å². The highest BCUT2D eigenvalue weighted by Crippen LogP contribution is 2.21. The summed E-state index contributed by atoms with van der Waals surface area (Å²) in [5, 5.41) is 3.52. The molecule has 1 aromatic carbocycles. The number of nitrogens with one attached hydrogen (secondary N) is 1. The summed E-state index contributed by atoms with van der Waals surface area (Å²) in [7, 11) is 0. The molecule has 1 N–H and O–H groups in total. The van der Waals surface area contributed by atoms with Gasteiger partial charge in [0.05, 0.1) is 12.2 Å². The molecule has 148 valence electrons. The summed E-state index contributed by atoms with van der Waals surface area (Å²) < 4.78 is 13.8. The van der Waals surface area contributed by atoms with Gasteiger partial charge in [0.15, 0.2) is 5.11 Å². The first kappa shape index (κ1) is 20.0. The first-order chi connectivity index (χ1) is 12.9. The predicted octanol–water partition coefficient (Wildman–Crippen LogP) is 2.64. The molecular weight excluding hydrogens is 363 g/mol. The monoisotopic (exact) mass is 392 g/mol. The minimum Gasteiger partial charge on any atom is -0.346 e. The molecule has 0 aliphatic carbocycles. The molecule has 2 aliphatic rings. The summed E-state index contributed by atoms with van der Waals surface area (Å²) in [6, 6.07) is 6.52. The number of piperidine rings is 1. The molecule has 2 atom stereocenters. The van der Waals surface area contributed by atoms with Gasteiger partial charge < -0.3 is 15.1 Å². The van der Waals surface area contributed by atoms with E-state index >= 15 is 0 Å². The maximum atomic E-state index is 13.8. The molecule has 5 nitrogen and oxygen atoms in total. The van der Waals surface area contributed by atoms with Crippen LogP contribution in [0.15, 0.2) is 24.3 Å². The van der Waals surface area contributed by atoms with E-state index in [0.717, 1.165) is 39.3 Å². The Morgan fingerprint density at radius 1 is 1.11 bits per heavy atom. The van der Waals surface area contributed by atoms with Gasteiger partial charge in [0.1, 0.15) is 5.82 Å². The van der Waals surface area contributed by atoms with Crippen molar-refractivity contribution in [1.29, 1.82) is 0 Å². The van der Waals surface area contributed by atoms with Crippen LogP contribution < -0.4 is 5.32 Å². The molecule has 2 heterocycles. The Kier molecular flexibility index (Phi) is 6.65. The fourth-order valence-electron chi connectivity index (χ4n) is 4.02. The zero-order valence-corrected chi connectivity index (χ0v) is 17.0. The lowest BCUT2D eigenvalue weighted by Crippen LogP contribution is -2.53. The van der Waals surface area contributed by atoms with Crippen molar-refractivity contribution in [2.24, 2.45) is 11.8 Å². The van der Waals surface area contributed by atoms with Crippen LogP contribution in [0, 0.1) is 17.7 Å². The molecule has 0 bridgehead atoms. The summed E-state index contributed by atoms with van der Waals surface area (Å²) in [4.78, 5) is 18.9. The van der Waals surface area contributed by atoms with Crippen molar-refractivity contribution in [3.05, 3.63) is 30.1 Å². The smallest absolute Gasteiger partial charge is 0.236 e. The molecule has 2 aliphatic heterocycles. The summed E-state index contributed by atoms with van der Waals surface area (Å²) in [6.45, 7) is 9.70. The molecular formula is C20H29FN4OS. The number of benzene rings is 1. The normalized spacial score (nSPS) is 24.0. The second-order valence-electron chi connectivity index (χ2n) is 7.92. The third-order valence-corrected chi connectivity index (χ3v) is 5.72. The standard InChI is InChI=1S/C20H29FN4OS/c1-15-11-16(2)13-25(12-15)19(26)14-23-7-9-24(10-8-23)20(27)22-18-6-4-3-5-17(18)21/h3-6,15-16H,7-14H2,1-2H3,(H,22,27)/t15-,16-/m0/s1. The van der Waals surface area contributed by atoms with Gasteiger partial charge in [-0.25, -0.2) is 4.39 Å². The first-order valence-electron chi connectivity index (χ1n) is 9.73. The van der Waals surface area contributed by atoms with Crippen molar-refractivity contribution in [3.8, 4) is 0 Å². The van der Waals surface area contributed by atoms with E-state index in [1.54, 1.807) is 18.2 Å². The zero-order valence-electron chi connectivity index (χ0n) is 16.2. The zero-order chi connectivity index (χ0) is 19.4. The SMILES string of the molecule is C[C@H]1C[C@H](C)CN(C(=O)CN2CCN(C(=S)Nc3ccccc3F)CC2)C1. The van der Waals surface area contributed by atoms with Gasteiger partial charge >= 0.3 is 0 Å². The number of anilines is 1. The van der Waals surface area contributed by atoms with E-state index in [4.69, 9.17) is 12.2 Å². The lowest BCUT2D eigenvalue weighted by Gasteiger charge is -2.39. The fourth-order valence-corrected chi connectivity index (χ4v) is 4.32. The molecule has 2 saturated heterocycles. The predicted molar refractivity (Wildman–Crippen MR) is 110 cm³/mol. The Morgan fingerprint density at radius 3 is 2.37 bits per heavy atom. The van der Waals surface area contributed by atoms with E-state index in [2.05, 4.69) is 24.1 Å². The van der Waals surface area contributed by atoms with Crippen molar-refractivity contribution in [2.75, 3.05) is 51.1 Å². The van der Waals surface area contributed by atoms with Crippen molar-refractivity contribution >= 4 is 28.9 Å². The molecule has 27 heavy (non-hydrogen) atoms. The lowest BCUT2D eigenvalue weighted by atomic mass is 9.92. The van der Waals surface area contributed by atoms with Crippen LogP contribution in [0.3, 0.4) is 0 Å². The number of hydrogen-bond acceptors (Lipinski definition) is 3. The Morgan fingerprint density at radius 2 is 1.74 bits per heavy atom. The Labute approximate surface area is 166 Å². The number of hydrogen-bond donors (Lipinski definition) is 1. The number of likely N-dealkylation sites (tertiary alicyclic amines) is 1. The summed E-state index contributed by atoms with van der Waals surface area (Å²) in [5.74, 6) is 1.08. The van der Waals surface area contributed by atoms with Gasteiger partial charge in [-0.3, -0.25) is 9.69 Å². The molecule has 3 rings (SSSR count). The van der Waals surface area contributed by atoms with E-state index in [1.807, 2.05) is 9.80 Å². The lowest BCUT2D eigenvalue weighted by molar-refractivity contribution is -0.135. The van der Waals surface area contributed by atoms with Gasteiger partial charge in [-0.1, -0.05) is 26.0 Å². The molecule has 2 fully saturated rings. The minimum atomic E-state index is -0.311. The maximum Gasteiger partial charge on any atom is 0.236 e. The van der Waals surface area contributed by atoms with Gasteiger partial charge in [-0.2, -0.15) is 0 Å². The number of amides is 1. The number of halogens is 1. The highest BCUT2D eigenvalue weighted by atomic mass is 32.1. The van der Waals surface area contributed by atoms with E-state index in [-0.39, 0.29) is 11.7 Å². The number of carbonyl (C=O) groups is 1. The minimum absolute atomic E-state index is 0.230. The van der Waals surface area contributed by atoms with Crippen LogP contribution in [-0.2, 0) is 4.79 Å². The van der Waals surface area contributed by atoms with Crippen molar-refractivity contribution in [3.63, 3.8) is 0 Å². The number of para-hydroxylation sites is 1. The molecule has 7 heteroatoms. The molecule has 0 spiro atoms. The summed E-state index contributed by atoms with van der Waals surface area (Å²) in [5.41, 5.74) is 0.397. The first-order valence-corrected chi connectivity index (χ1v) is 10.1. The molecule has 0 radical (unpaired) electrons. The van der Waals surface area contributed by atoms with Gasteiger partial charge in [0.25, 0.3) is 0 Å². The number of thiocarbonyl (C=S) groups is 1. The van der Waals surface area contributed by atoms with Crippen molar-refractivity contribution in [2.45, 2.75) is 20.3 Å². The maximum absolute atomic E-state index is 13.8. The number of rotatable bonds is 3. The fraction of sp³-hybridized carbons (Fsp3) is 0.600. The quantitative estimate of drug-likeness (QED) is 0.801. The second-order valence-corrected chi connectivity index (χ2v) is 8.30. The third kappa shape index (κ3) is 5.39. The van der Waals surface area contributed by atoms with Crippen LogP contribution in [0.1, 0.15) is 20.3 Å². The highest BCUT2D eigenvalue weighted by Gasteiger charge is 2.27. The summed E-state index contributed by atoms with van der Waals surface area (Å²) >= 11 is 5.42. The van der Waals surface area contributed by atoms with Gasteiger partial charge in [0.2, 0.25) is 5.91 Å². The molecule has 0 unspecified atom stereocenters. The Hall–Kier alpha value is -1.73. The average molecular weight is 393 g/mol. The van der Waals surface area contributed by atoms with E-state index < -0.39 is 0 Å². The average Bonchev–Trinajstić information content (AvgIpc) is 2.63. The number of piperazine rings is 1. The van der Waals surface area contributed by atoms with Gasteiger partial charge in [-0.15, -0.1) is 0 Å². The largest absolute Gasteiger partial charge is 0.346 e. The van der Waals surface area contributed by atoms with Crippen LogP contribution >= 0.6 is 12.2 Å². The van der Waals surface area contributed by atoms with Crippen LogP contribution in [-0.4, -0.2) is 71.5 Å². The van der Waals surface area contributed by atoms with Crippen LogP contribution in [0.25, 0.3) is 0 Å². The van der Waals surface area contributed by atoms with Crippen molar-refractivity contribution < 1.29 is 9.18 Å². The molecule has 0 saturated carbocycles. The second kappa shape index (κ2) is 8.97. The Bertz CT molecular complexity index is 668. The van der Waals surface area contributed by atoms with Crippen LogP contribution in [0.4, 0.5) is 10.1 Å². The van der Waals surface area contributed by atoms with Gasteiger partial charge in [-0.05, 0) is 42.6 Å². The van der Waals surface area contributed by atoms with E-state index in [0.29, 0.717) is 29.2 Å². The van der Waals surface area contributed by atoms with Gasteiger partial charge in [0, 0.05) is 39.3 Å². The van der Waals surface area contributed by atoms with Crippen LogP contribution in [0.5, 0.6) is 0 Å². The Balaban J connectivity index is 1.45. The van der Waals surface area contributed by atoms with E-state index in [9.17, 15) is 9.18 Å². The van der Waals surface area contributed by atoms with E-state index in [1.165, 1.54) is 12.5 Å². The summed E-state index contributed by atoms with van der Waals surface area (Å²) in [6.07, 6.45) is 1.20. The number of nitrogens with zero attached hydrogens (tertiary/aromatic N) is 3. The molecule has 1 aromatic rings. The number of carbonyl (C=O) groups excluding carboxylic acids is 1.